The summed E-state index contributed by atoms with van der Waals surface area (Å²) in [5.74, 6) is -0.458. The average molecular weight is 283 g/mol. The number of halogens is 1. The number of likely N-dealkylation sites (tertiary alicyclic amines) is 1. The molecule has 1 aromatic rings. The van der Waals surface area contributed by atoms with Crippen molar-refractivity contribution in [3.05, 3.63) is 29.0 Å². The lowest BCUT2D eigenvalue weighted by Crippen LogP contribution is -2.40. The Balaban J connectivity index is 1.98. The lowest BCUT2D eigenvalue weighted by Gasteiger charge is -2.30. The summed E-state index contributed by atoms with van der Waals surface area (Å²) >= 11 is 5.77. The molecule has 1 aromatic heterocycles. The first-order valence-corrected chi connectivity index (χ1v) is 6.49. The van der Waals surface area contributed by atoms with E-state index < -0.39 is 0 Å². The molecule has 2 rings (SSSR count). The van der Waals surface area contributed by atoms with E-state index in [-0.39, 0.29) is 17.8 Å². The van der Waals surface area contributed by atoms with Crippen molar-refractivity contribution < 1.29 is 14.3 Å². The first-order valence-electron chi connectivity index (χ1n) is 6.11. The van der Waals surface area contributed by atoms with E-state index in [0.717, 1.165) is 0 Å². The van der Waals surface area contributed by atoms with Gasteiger partial charge in [-0.3, -0.25) is 9.59 Å². The van der Waals surface area contributed by atoms with Crippen molar-refractivity contribution in [1.29, 1.82) is 0 Å². The Morgan fingerprint density at radius 1 is 1.37 bits per heavy atom. The van der Waals surface area contributed by atoms with Gasteiger partial charge in [-0.05, 0) is 25.0 Å². The van der Waals surface area contributed by atoms with Gasteiger partial charge in [0.25, 0.3) is 5.91 Å². The predicted molar refractivity (Wildman–Crippen MR) is 69.9 cm³/mol. The molecule has 0 aromatic carbocycles. The number of rotatable bonds is 2. The minimum absolute atomic E-state index is 0.110. The highest BCUT2D eigenvalue weighted by atomic mass is 35.5. The van der Waals surface area contributed by atoms with Crippen molar-refractivity contribution in [2.45, 2.75) is 12.8 Å². The van der Waals surface area contributed by atoms with E-state index >= 15 is 0 Å². The van der Waals surface area contributed by atoms with Gasteiger partial charge in [0, 0.05) is 13.1 Å². The molecule has 0 unspecified atom stereocenters. The third-order valence-electron chi connectivity index (χ3n) is 3.25. The Bertz CT molecular complexity index is 485. The van der Waals surface area contributed by atoms with Crippen LogP contribution in [0.15, 0.2) is 18.2 Å². The quantitative estimate of drug-likeness (QED) is 0.613. The third-order valence-corrected chi connectivity index (χ3v) is 3.46. The van der Waals surface area contributed by atoms with Crippen LogP contribution in [0.3, 0.4) is 0 Å². The number of carbonyl (C=O) groups excluding carboxylic acids is 2. The molecule has 1 amide bonds. The second-order valence-corrected chi connectivity index (χ2v) is 4.82. The second kappa shape index (κ2) is 6.02. The zero-order chi connectivity index (χ0) is 13.8. The summed E-state index contributed by atoms with van der Waals surface area (Å²) in [6.45, 7) is 1.07. The first kappa shape index (κ1) is 13.8. The summed E-state index contributed by atoms with van der Waals surface area (Å²) in [7, 11) is 1.38. The fourth-order valence-corrected chi connectivity index (χ4v) is 2.34. The normalized spacial score (nSPS) is 16.2. The fourth-order valence-electron chi connectivity index (χ4n) is 2.17. The maximum Gasteiger partial charge on any atom is 0.308 e. The van der Waals surface area contributed by atoms with Crippen molar-refractivity contribution in [2.75, 3.05) is 20.2 Å². The number of carbonyl (C=O) groups is 2. The minimum Gasteiger partial charge on any atom is -0.469 e. The molecule has 19 heavy (non-hydrogen) atoms. The van der Waals surface area contributed by atoms with Gasteiger partial charge in [0.1, 0.15) is 10.8 Å². The smallest absolute Gasteiger partial charge is 0.308 e. The molecule has 1 aliphatic rings. The van der Waals surface area contributed by atoms with Crippen LogP contribution in [-0.4, -0.2) is 42.0 Å². The summed E-state index contributed by atoms with van der Waals surface area (Å²) in [5, 5.41) is 0.301. The van der Waals surface area contributed by atoms with E-state index in [9.17, 15) is 9.59 Å². The van der Waals surface area contributed by atoms with Crippen LogP contribution in [0.25, 0.3) is 0 Å². The number of methoxy groups -OCH3 is 1. The molecule has 0 spiro atoms. The number of hydrogen-bond acceptors (Lipinski definition) is 4. The number of piperidine rings is 1. The third kappa shape index (κ3) is 3.23. The number of ether oxygens (including phenoxy) is 1. The van der Waals surface area contributed by atoms with Gasteiger partial charge in [0.2, 0.25) is 0 Å². The summed E-state index contributed by atoms with van der Waals surface area (Å²) in [6, 6.07) is 4.96. The van der Waals surface area contributed by atoms with Gasteiger partial charge >= 0.3 is 5.97 Å². The van der Waals surface area contributed by atoms with Gasteiger partial charge in [-0.15, -0.1) is 0 Å². The Morgan fingerprint density at radius 2 is 2.05 bits per heavy atom. The van der Waals surface area contributed by atoms with Crippen molar-refractivity contribution in [2.24, 2.45) is 5.92 Å². The van der Waals surface area contributed by atoms with Crippen molar-refractivity contribution >= 4 is 23.5 Å². The number of pyridine rings is 1. The summed E-state index contributed by atoms with van der Waals surface area (Å²) in [4.78, 5) is 29.3. The topological polar surface area (TPSA) is 59.5 Å². The molecule has 2 heterocycles. The number of amides is 1. The van der Waals surface area contributed by atoms with E-state index in [1.807, 2.05) is 0 Å². The molecule has 1 aliphatic heterocycles. The number of hydrogen-bond donors (Lipinski definition) is 0. The maximum atomic E-state index is 12.2. The van der Waals surface area contributed by atoms with E-state index in [1.165, 1.54) is 7.11 Å². The molecule has 102 valence electrons. The molecule has 1 saturated heterocycles. The van der Waals surface area contributed by atoms with Crippen molar-refractivity contribution in [3.8, 4) is 0 Å². The molecule has 5 nitrogen and oxygen atoms in total. The Labute approximate surface area is 116 Å². The van der Waals surface area contributed by atoms with Gasteiger partial charge in [-0.25, -0.2) is 4.98 Å². The molecule has 1 fully saturated rings. The molecule has 6 heteroatoms. The summed E-state index contributed by atoms with van der Waals surface area (Å²) in [5.41, 5.74) is 0.337. The second-order valence-electron chi connectivity index (χ2n) is 4.44. The van der Waals surface area contributed by atoms with E-state index in [0.29, 0.717) is 36.8 Å². The Morgan fingerprint density at radius 3 is 2.63 bits per heavy atom. The summed E-state index contributed by atoms with van der Waals surface area (Å²) < 4.78 is 4.71. The van der Waals surface area contributed by atoms with Crippen LogP contribution in [0.1, 0.15) is 23.3 Å². The molecule has 0 saturated carbocycles. The SMILES string of the molecule is COC(=O)C1CCN(C(=O)c2cccc(Cl)n2)CC1. The first-order chi connectivity index (χ1) is 9.11. The zero-order valence-electron chi connectivity index (χ0n) is 10.6. The molecular weight excluding hydrogens is 268 g/mol. The van der Waals surface area contributed by atoms with Crippen LogP contribution in [0, 0.1) is 5.92 Å². The van der Waals surface area contributed by atoms with Crippen molar-refractivity contribution in [1.82, 2.24) is 9.88 Å². The van der Waals surface area contributed by atoms with Crippen LogP contribution in [0.2, 0.25) is 5.15 Å². The van der Waals surface area contributed by atoms with Crippen LogP contribution in [0.4, 0.5) is 0 Å². The van der Waals surface area contributed by atoms with Gasteiger partial charge in [-0.1, -0.05) is 17.7 Å². The van der Waals surface area contributed by atoms with Gasteiger partial charge in [0.05, 0.1) is 13.0 Å². The van der Waals surface area contributed by atoms with E-state index in [2.05, 4.69) is 4.98 Å². The number of nitrogens with zero attached hydrogens (tertiary/aromatic N) is 2. The lowest BCUT2D eigenvalue weighted by atomic mass is 9.97. The highest BCUT2D eigenvalue weighted by molar-refractivity contribution is 6.29. The van der Waals surface area contributed by atoms with Gasteiger partial charge in [-0.2, -0.15) is 0 Å². The monoisotopic (exact) mass is 282 g/mol. The molecule has 0 atom stereocenters. The lowest BCUT2D eigenvalue weighted by molar-refractivity contribution is -0.146. The number of aromatic nitrogens is 1. The summed E-state index contributed by atoms with van der Waals surface area (Å²) in [6.07, 6.45) is 1.25. The molecular formula is C13H15ClN2O3. The fraction of sp³-hybridized carbons (Fsp3) is 0.462. The molecule has 0 radical (unpaired) electrons. The molecule has 0 N–H and O–H groups in total. The standard InChI is InChI=1S/C13H15ClN2O3/c1-19-13(18)9-5-7-16(8-6-9)12(17)10-3-2-4-11(14)15-10/h2-4,9H,5-8H2,1H3. The Hall–Kier alpha value is -1.62. The largest absolute Gasteiger partial charge is 0.469 e. The molecule has 0 bridgehead atoms. The van der Waals surface area contributed by atoms with E-state index in [1.54, 1.807) is 23.1 Å². The van der Waals surface area contributed by atoms with Gasteiger partial charge < -0.3 is 9.64 Å². The highest BCUT2D eigenvalue weighted by Gasteiger charge is 2.28. The maximum absolute atomic E-state index is 12.2. The van der Waals surface area contributed by atoms with Crippen molar-refractivity contribution in [3.63, 3.8) is 0 Å². The van der Waals surface area contributed by atoms with Gasteiger partial charge in [0.15, 0.2) is 0 Å². The minimum atomic E-state index is -0.201. The van der Waals surface area contributed by atoms with Crippen LogP contribution in [-0.2, 0) is 9.53 Å². The molecule has 0 aliphatic carbocycles. The predicted octanol–water partition coefficient (Wildman–Crippen LogP) is 1.76. The zero-order valence-corrected chi connectivity index (χ0v) is 11.4. The van der Waals surface area contributed by atoms with Crippen LogP contribution < -0.4 is 0 Å². The van der Waals surface area contributed by atoms with E-state index in [4.69, 9.17) is 16.3 Å². The van der Waals surface area contributed by atoms with Crippen LogP contribution in [0.5, 0.6) is 0 Å². The number of esters is 1. The van der Waals surface area contributed by atoms with Crippen LogP contribution >= 0.6 is 11.6 Å². The average Bonchev–Trinajstić information content (AvgIpc) is 2.46. The highest BCUT2D eigenvalue weighted by Crippen LogP contribution is 2.20. The Kier molecular flexibility index (Phi) is 4.37.